The van der Waals surface area contributed by atoms with E-state index in [0.717, 1.165) is 68.1 Å². The highest BCUT2D eigenvalue weighted by Gasteiger charge is 2.47. The summed E-state index contributed by atoms with van der Waals surface area (Å²) in [5, 5.41) is 20.1. The number of aldehydes is 1. The SMILES string of the molecule is CN[C@@H](C)C(=O)N[C@H](C(=O)N1C[C@@H](Oc2cnc(N3CCC(COc4cc5ncnc(Nc6n[nH]c(C)c6C)c5cc4S(=O)(=O)C(C)(C)C)CC3)nc2)C[C@H]1C(=O)N[C@]1(C=O)C=CCc2ccccc21)C1CCCCC1. The van der Waals surface area contributed by atoms with Crippen LogP contribution in [0.1, 0.15) is 101 Å². The third-order valence-corrected chi connectivity index (χ3v) is 18.1. The second-order valence-electron chi connectivity index (χ2n) is 21.7. The van der Waals surface area contributed by atoms with Crippen molar-refractivity contribution in [2.24, 2.45) is 11.8 Å². The average molecular weight is 1060 g/mol. The fraction of sp³-hybridized carbons (Fsp3) is 0.509. The van der Waals surface area contributed by atoms with Crippen LogP contribution in [0.5, 0.6) is 11.5 Å². The molecule has 2 aromatic carbocycles. The van der Waals surface area contributed by atoms with Crippen LogP contribution in [0.4, 0.5) is 17.6 Å². The predicted octanol–water partition coefficient (Wildman–Crippen LogP) is 5.72. The lowest BCUT2D eigenvalue weighted by atomic mass is 9.82. The minimum atomic E-state index is -3.88. The molecule has 0 radical (unpaired) electrons. The molecule has 5 atom stereocenters. The van der Waals surface area contributed by atoms with E-state index >= 15 is 0 Å². The van der Waals surface area contributed by atoms with Crippen molar-refractivity contribution in [1.82, 2.24) is 51.0 Å². The lowest BCUT2D eigenvalue weighted by molar-refractivity contribution is -0.144. The maximum atomic E-state index is 14.9. The van der Waals surface area contributed by atoms with Crippen LogP contribution in [0.15, 0.2) is 72.2 Å². The number of allylic oxidation sites excluding steroid dienone is 1. The van der Waals surface area contributed by atoms with Gasteiger partial charge in [-0.3, -0.25) is 24.3 Å². The minimum Gasteiger partial charge on any atom is -0.492 e. The number of carbonyl (C=O) groups excluding carboxylic acids is 4. The van der Waals surface area contributed by atoms with Gasteiger partial charge in [-0.1, -0.05) is 55.7 Å². The standard InChI is InChI=1S/C55H70N12O8S/c1-33-34(2)64-65-48(33)62-49-41-25-46(76(72,73)54(4,5)6)45(26-43(41)59-32-60-49)74-30-36-19-22-66(23-20-36)53-57-27-40(28-58-53)75-39-24-44(51(70)63-55(31-68)21-13-17-37-14-11-12-18-42(37)55)67(29-39)52(71)47(38-15-9-8-10-16-38)61-50(69)35(3)56-7/h11-14,18,21,25-28,31-32,35-36,38-39,44,47,56H,8-10,15-17,19-20,22-24,29-30H2,1-7H3,(H,61,69)(H,63,70)(H2,59,60,62,64,65)/t35-,39-,44-,47-,55-/m0/s1. The predicted molar refractivity (Wildman–Crippen MR) is 287 cm³/mol. The van der Waals surface area contributed by atoms with E-state index in [-0.39, 0.29) is 53.9 Å². The molecule has 1 saturated carbocycles. The number of benzene rings is 2. The molecule has 4 aliphatic rings. The number of aryl methyl sites for hydroxylation is 1. The molecule has 0 spiro atoms. The zero-order valence-electron chi connectivity index (χ0n) is 44.4. The van der Waals surface area contributed by atoms with Gasteiger partial charge in [-0.2, -0.15) is 5.10 Å². The highest BCUT2D eigenvalue weighted by Crippen LogP contribution is 2.39. The lowest BCUT2D eigenvalue weighted by Crippen LogP contribution is -2.59. The summed E-state index contributed by atoms with van der Waals surface area (Å²) in [6.07, 6.45) is 14.9. The number of rotatable bonds is 17. The lowest BCUT2D eigenvalue weighted by Gasteiger charge is -2.36. The molecule has 2 saturated heterocycles. The molecule has 2 aliphatic carbocycles. The van der Waals surface area contributed by atoms with Crippen LogP contribution in [0, 0.1) is 25.7 Å². The van der Waals surface area contributed by atoms with Gasteiger partial charge in [0.05, 0.1) is 41.9 Å². The molecule has 2 aliphatic heterocycles. The Labute approximate surface area is 443 Å². The highest BCUT2D eigenvalue weighted by molar-refractivity contribution is 7.92. The van der Waals surface area contributed by atoms with E-state index in [9.17, 15) is 27.6 Å². The van der Waals surface area contributed by atoms with Crippen LogP contribution in [-0.2, 0) is 41.0 Å². The maximum Gasteiger partial charge on any atom is 0.246 e. The summed E-state index contributed by atoms with van der Waals surface area (Å²) < 4.78 is 40.0. The summed E-state index contributed by atoms with van der Waals surface area (Å²) in [7, 11) is -2.19. The van der Waals surface area contributed by atoms with Gasteiger partial charge in [0.15, 0.2) is 27.7 Å². The van der Waals surface area contributed by atoms with Crippen molar-refractivity contribution in [2.75, 3.05) is 43.5 Å². The molecule has 21 heteroatoms. The number of anilines is 3. The molecular weight excluding hydrogens is 989 g/mol. The number of nitrogens with one attached hydrogen (secondary N) is 5. The normalized spacial score (nSPS) is 21.1. The van der Waals surface area contributed by atoms with Crippen LogP contribution in [0.3, 0.4) is 0 Å². The smallest absolute Gasteiger partial charge is 0.246 e. The largest absolute Gasteiger partial charge is 0.492 e. The number of hydrogen-bond acceptors (Lipinski definition) is 16. The number of ether oxygens (including phenoxy) is 2. The number of likely N-dealkylation sites (N-methyl/N-ethyl adjacent to an activating group) is 1. The summed E-state index contributed by atoms with van der Waals surface area (Å²) in [4.78, 5) is 77.8. The number of likely N-dealkylation sites (tertiary alicyclic amines) is 1. The van der Waals surface area contributed by atoms with Crippen molar-refractivity contribution in [3.8, 4) is 11.5 Å². The molecule has 76 heavy (non-hydrogen) atoms. The Kier molecular flexibility index (Phi) is 15.8. The Morgan fingerprint density at radius 3 is 2.39 bits per heavy atom. The van der Waals surface area contributed by atoms with Crippen molar-refractivity contribution in [1.29, 1.82) is 0 Å². The zero-order valence-corrected chi connectivity index (χ0v) is 45.2. The zero-order chi connectivity index (χ0) is 53.9. The van der Waals surface area contributed by atoms with Crippen molar-refractivity contribution >= 4 is 62.3 Å². The number of sulfone groups is 1. The topological polar surface area (TPSA) is 256 Å². The van der Waals surface area contributed by atoms with E-state index in [1.165, 1.54) is 11.2 Å². The van der Waals surface area contributed by atoms with Gasteiger partial charge < -0.3 is 40.5 Å². The number of amides is 3. The Morgan fingerprint density at radius 2 is 1.71 bits per heavy atom. The molecule has 3 amide bonds. The van der Waals surface area contributed by atoms with Gasteiger partial charge in [-0.15, -0.1) is 0 Å². The first-order valence-electron chi connectivity index (χ1n) is 26.4. The number of aromatic nitrogens is 6. The second-order valence-corrected chi connectivity index (χ2v) is 24.3. The fourth-order valence-electron chi connectivity index (χ4n) is 10.7. The van der Waals surface area contributed by atoms with Gasteiger partial charge in [-0.25, -0.2) is 28.4 Å². The van der Waals surface area contributed by atoms with Crippen LogP contribution in [0.25, 0.3) is 10.9 Å². The molecule has 404 valence electrons. The summed E-state index contributed by atoms with van der Waals surface area (Å²) in [6, 6.07) is 8.32. The number of aromatic amines is 1. The Hall–Kier alpha value is -7.00. The Bertz CT molecular complexity index is 3090. The molecular formula is C55H70N12O8S. The number of fused-ring (bicyclic) bond motifs is 2. The number of piperidine rings is 1. The highest BCUT2D eigenvalue weighted by atomic mass is 32.2. The molecule has 9 rings (SSSR count). The number of H-pyrrole nitrogens is 1. The number of nitrogens with zero attached hydrogens (tertiary/aromatic N) is 7. The van der Waals surface area contributed by atoms with Gasteiger partial charge >= 0.3 is 0 Å². The summed E-state index contributed by atoms with van der Waals surface area (Å²) in [5.74, 6) is 0.907. The quantitative estimate of drug-likeness (QED) is 0.0552. The first-order valence-corrected chi connectivity index (χ1v) is 27.9. The van der Waals surface area contributed by atoms with Crippen molar-refractivity contribution < 1.29 is 37.1 Å². The van der Waals surface area contributed by atoms with Crippen LogP contribution in [-0.4, -0.2) is 130 Å². The van der Waals surface area contributed by atoms with Gasteiger partial charge in [-0.05, 0) is 110 Å². The van der Waals surface area contributed by atoms with E-state index in [1.54, 1.807) is 65.3 Å². The Morgan fingerprint density at radius 1 is 0.974 bits per heavy atom. The van der Waals surface area contributed by atoms with Gasteiger partial charge in [0, 0.05) is 42.2 Å². The third kappa shape index (κ3) is 11.1. The van der Waals surface area contributed by atoms with Crippen LogP contribution in [0.2, 0.25) is 0 Å². The molecule has 0 bridgehead atoms. The fourth-order valence-corrected chi connectivity index (χ4v) is 12.0. The molecule has 3 aromatic heterocycles. The van der Waals surface area contributed by atoms with E-state index < -0.39 is 50.3 Å². The summed E-state index contributed by atoms with van der Waals surface area (Å²) in [6.45, 7) is 12.1. The maximum absolute atomic E-state index is 14.9. The summed E-state index contributed by atoms with van der Waals surface area (Å²) >= 11 is 0. The second kappa shape index (κ2) is 22.3. The first kappa shape index (κ1) is 53.8. The molecule has 20 nitrogen and oxygen atoms in total. The van der Waals surface area contributed by atoms with Gasteiger partial charge in [0.25, 0.3) is 0 Å². The van der Waals surface area contributed by atoms with Crippen LogP contribution < -0.4 is 35.6 Å². The van der Waals surface area contributed by atoms with Crippen molar-refractivity contribution in [2.45, 2.75) is 139 Å². The van der Waals surface area contributed by atoms with E-state index in [2.05, 4.69) is 56.3 Å². The third-order valence-electron chi connectivity index (χ3n) is 15.6. The van der Waals surface area contributed by atoms with Crippen LogP contribution >= 0.6 is 0 Å². The van der Waals surface area contributed by atoms with Crippen molar-refractivity contribution in [3.05, 3.63) is 89.7 Å². The molecule has 0 unspecified atom stereocenters. The number of hydrogen-bond donors (Lipinski definition) is 5. The first-order chi connectivity index (χ1) is 36.4. The summed E-state index contributed by atoms with van der Waals surface area (Å²) in [5.41, 5.74) is 2.48. The van der Waals surface area contributed by atoms with E-state index in [4.69, 9.17) is 9.47 Å². The molecule has 5 N–H and O–H groups in total. The molecule has 3 fully saturated rings. The Balaban J connectivity index is 0.877. The molecule has 5 aromatic rings. The average Bonchev–Trinajstić information content (AvgIpc) is 4.02. The minimum absolute atomic E-state index is 0.0512. The van der Waals surface area contributed by atoms with Crippen molar-refractivity contribution in [3.63, 3.8) is 0 Å². The molecule has 5 heterocycles. The van der Waals surface area contributed by atoms with Gasteiger partial charge in [0.2, 0.25) is 23.7 Å². The monoisotopic (exact) mass is 1060 g/mol. The van der Waals surface area contributed by atoms with E-state index in [0.29, 0.717) is 59.3 Å². The van der Waals surface area contributed by atoms with Gasteiger partial charge in [0.1, 0.15) is 46.5 Å². The van der Waals surface area contributed by atoms with E-state index in [1.807, 2.05) is 44.2 Å². The number of carbonyl (C=O) groups is 4.